The predicted octanol–water partition coefficient (Wildman–Crippen LogP) is 1.72. The van der Waals surface area contributed by atoms with Crippen LogP contribution in [-0.4, -0.2) is 38.3 Å². The highest BCUT2D eigenvalue weighted by molar-refractivity contribution is 6.28. The Hall–Kier alpha value is -2.32. The van der Waals surface area contributed by atoms with Gasteiger partial charge in [-0.25, -0.2) is 4.98 Å². The quantitative estimate of drug-likeness (QED) is 0.594. The van der Waals surface area contributed by atoms with Gasteiger partial charge in [0.2, 0.25) is 11.2 Å². The molecule has 0 fully saturated rings. The number of aromatic nitrogens is 4. The van der Waals surface area contributed by atoms with Crippen LogP contribution in [0.5, 0.6) is 0 Å². The third kappa shape index (κ3) is 2.70. The van der Waals surface area contributed by atoms with Crippen molar-refractivity contribution in [3.8, 4) is 0 Å². The lowest BCUT2D eigenvalue weighted by Gasteiger charge is -2.06. The standard InChI is InChI=1S/C13H15ClN6O2/c1-15-13-17-9-10(16-7-8-3-2-6-22-8)18-12(14)19-11(9)20(13)4-5-21/h2-3,6,21H,4-5,7H2,1H3,(H,15,17)(H,16,18,19). The summed E-state index contributed by atoms with van der Waals surface area (Å²) in [5.41, 5.74) is 1.13. The van der Waals surface area contributed by atoms with E-state index in [9.17, 15) is 5.11 Å². The molecule has 3 rings (SSSR count). The fourth-order valence-electron chi connectivity index (χ4n) is 2.18. The van der Waals surface area contributed by atoms with Gasteiger partial charge >= 0.3 is 0 Å². The van der Waals surface area contributed by atoms with Gasteiger partial charge in [-0.1, -0.05) is 0 Å². The minimum absolute atomic E-state index is 0.0308. The summed E-state index contributed by atoms with van der Waals surface area (Å²) in [7, 11) is 1.75. The molecule has 0 aliphatic heterocycles. The van der Waals surface area contributed by atoms with E-state index in [1.165, 1.54) is 0 Å². The van der Waals surface area contributed by atoms with Crippen LogP contribution in [0.15, 0.2) is 22.8 Å². The zero-order chi connectivity index (χ0) is 15.5. The molecular weight excluding hydrogens is 308 g/mol. The van der Waals surface area contributed by atoms with Gasteiger partial charge in [-0.15, -0.1) is 0 Å². The van der Waals surface area contributed by atoms with E-state index < -0.39 is 0 Å². The van der Waals surface area contributed by atoms with Crippen LogP contribution in [0.1, 0.15) is 5.76 Å². The number of nitrogens with zero attached hydrogens (tertiary/aromatic N) is 4. The second-order valence-corrected chi connectivity index (χ2v) is 4.85. The average molecular weight is 323 g/mol. The third-order valence-electron chi connectivity index (χ3n) is 3.12. The zero-order valence-electron chi connectivity index (χ0n) is 11.9. The lowest BCUT2D eigenvalue weighted by molar-refractivity contribution is 0.278. The minimum Gasteiger partial charge on any atom is -0.467 e. The molecule has 0 aliphatic rings. The van der Waals surface area contributed by atoms with Gasteiger partial charge in [-0.3, -0.25) is 4.57 Å². The van der Waals surface area contributed by atoms with E-state index in [4.69, 9.17) is 16.0 Å². The lowest BCUT2D eigenvalue weighted by atomic mass is 10.4. The highest BCUT2D eigenvalue weighted by Crippen LogP contribution is 2.25. The van der Waals surface area contributed by atoms with Crippen molar-refractivity contribution in [2.45, 2.75) is 13.1 Å². The van der Waals surface area contributed by atoms with Gasteiger partial charge in [0.05, 0.1) is 26.0 Å². The summed E-state index contributed by atoms with van der Waals surface area (Å²) in [4.78, 5) is 12.8. The molecule has 3 heterocycles. The van der Waals surface area contributed by atoms with Gasteiger partial charge < -0.3 is 20.2 Å². The van der Waals surface area contributed by atoms with E-state index in [1.54, 1.807) is 17.9 Å². The van der Waals surface area contributed by atoms with Gasteiger partial charge in [-0.2, -0.15) is 9.97 Å². The number of aliphatic hydroxyl groups is 1. The maximum atomic E-state index is 9.20. The second kappa shape index (κ2) is 6.20. The Kier molecular flexibility index (Phi) is 4.12. The summed E-state index contributed by atoms with van der Waals surface area (Å²) >= 11 is 6.00. The normalized spacial score (nSPS) is 11.0. The van der Waals surface area contributed by atoms with E-state index in [0.29, 0.717) is 36.0 Å². The topological polar surface area (TPSA) is 101 Å². The lowest BCUT2D eigenvalue weighted by Crippen LogP contribution is -2.08. The summed E-state index contributed by atoms with van der Waals surface area (Å²) < 4.78 is 7.03. The Bertz CT molecular complexity index is 771. The SMILES string of the molecule is CNc1nc2c(NCc3ccco3)nc(Cl)nc2n1CCO. The van der Waals surface area contributed by atoms with Crippen LogP contribution in [0.2, 0.25) is 5.28 Å². The molecule has 0 radical (unpaired) electrons. The van der Waals surface area contributed by atoms with Crippen molar-refractivity contribution < 1.29 is 9.52 Å². The van der Waals surface area contributed by atoms with Crippen molar-refractivity contribution in [3.63, 3.8) is 0 Å². The number of anilines is 2. The van der Waals surface area contributed by atoms with Gasteiger partial charge in [0, 0.05) is 7.05 Å². The molecule has 3 aromatic heterocycles. The van der Waals surface area contributed by atoms with Crippen LogP contribution in [0.25, 0.3) is 11.2 Å². The van der Waals surface area contributed by atoms with Crippen molar-refractivity contribution in [3.05, 3.63) is 29.4 Å². The number of halogens is 1. The molecule has 3 N–H and O–H groups in total. The average Bonchev–Trinajstić information content (AvgIpc) is 3.13. The summed E-state index contributed by atoms with van der Waals surface area (Å²) in [6, 6.07) is 3.67. The number of hydrogen-bond donors (Lipinski definition) is 3. The van der Waals surface area contributed by atoms with Crippen LogP contribution in [0, 0.1) is 0 Å². The molecule has 0 atom stereocenters. The fraction of sp³-hybridized carbons (Fsp3) is 0.308. The number of fused-ring (bicyclic) bond motifs is 1. The first-order chi connectivity index (χ1) is 10.7. The van der Waals surface area contributed by atoms with Crippen LogP contribution >= 0.6 is 11.6 Å². The molecule has 8 nitrogen and oxygen atoms in total. The van der Waals surface area contributed by atoms with Gasteiger partial charge in [0.25, 0.3) is 0 Å². The molecule has 0 aliphatic carbocycles. The number of nitrogens with one attached hydrogen (secondary N) is 2. The van der Waals surface area contributed by atoms with Crippen LogP contribution in [0.4, 0.5) is 11.8 Å². The first-order valence-electron chi connectivity index (χ1n) is 6.71. The Labute approximate surface area is 131 Å². The molecule has 22 heavy (non-hydrogen) atoms. The van der Waals surface area contributed by atoms with E-state index in [0.717, 1.165) is 5.76 Å². The van der Waals surface area contributed by atoms with E-state index >= 15 is 0 Å². The van der Waals surface area contributed by atoms with E-state index in [2.05, 4.69) is 25.6 Å². The Morgan fingerprint density at radius 2 is 2.23 bits per heavy atom. The van der Waals surface area contributed by atoms with Crippen LogP contribution in [0.3, 0.4) is 0 Å². The highest BCUT2D eigenvalue weighted by Gasteiger charge is 2.16. The molecule has 0 unspecified atom stereocenters. The van der Waals surface area contributed by atoms with Gasteiger partial charge in [-0.05, 0) is 23.7 Å². The van der Waals surface area contributed by atoms with Crippen molar-refractivity contribution in [1.29, 1.82) is 0 Å². The first-order valence-corrected chi connectivity index (χ1v) is 7.09. The maximum Gasteiger partial charge on any atom is 0.226 e. The molecule has 0 amide bonds. The molecule has 0 aromatic carbocycles. The molecule has 0 saturated carbocycles. The fourth-order valence-corrected chi connectivity index (χ4v) is 2.35. The van der Waals surface area contributed by atoms with Crippen LogP contribution in [-0.2, 0) is 13.1 Å². The van der Waals surface area contributed by atoms with E-state index in [1.807, 2.05) is 12.1 Å². The maximum absolute atomic E-state index is 9.20. The number of aliphatic hydroxyl groups excluding tert-OH is 1. The second-order valence-electron chi connectivity index (χ2n) is 4.51. The molecule has 0 spiro atoms. The predicted molar refractivity (Wildman–Crippen MR) is 83.0 cm³/mol. The minimum atomic E-state index is -0.0308. The number of hydrogen-bond acceptors (Lipinski definition) is 7. The van der Waals surface area contributed by atoms with Crippen molar-refractivity contribution in [2.75, 3.05) is 24.3 Å². The number of imidazole rings is 1. The molecule has 0 saturated heterocycles. The smallest absolute Gasteiger partial charge is 0.226 e. The third-order valence-corrected chi connectivity index (χ3v) is 3.29. The molecular formula is C13H15ClN6O2. The van der Waals surface area contributed by atoms with Gasteiger partial charge in [0.1, 0.15) is 5.76 Å². The largest absolute Gasteiger partial charge is 0.467 e. The summed E-state index contributed by atoms with van der Waals surface area (Å²) in [6.45, 7) is 0.783. The first kappa shape index (κ1) is 14.6. The molecule has 0 bridgehead atoms. The zero-order valence-corrected chi connectivity index (χ0v) is 12.6. The number of furan rings is 1. The molecule has 9 heteroatoms. The Morgan fingerprint density at radius 1 is 1.36 bits per heavy atom. The van der Waals surface area contributed by atoms with E-state index in [-0.39, 0.29) is 11.9 Å². The summed E-state index contributed by atoms with van der Waals surface area (Å²) in [5.74, 6) is 1.87. The molecule has 3 aromatic rings. The van der Waals surface area contributed by atoms with Crippen molar-refractivity contribution in [2.24, 2.45) is 0 Å². The highest BCUT2D eigenvalue weighted by atomic mass is 35.5. The van der Waals surface area contributed by atoms with Crippen LogP contribution < -0.4 is 10.6 Å². The van der Waals surface area contributed by atoms with Gasteiger partial charge in [0.15, 0.2) is 17.0 Å². The Morgan fingerprint density at radius 3 is 2.91 bits per heavy atom. The monoisotopic (exact) mass is 322 g/mol. The Balaban J connectivity index is 2.01. The van der Waals surface area contributed by atoms with Crippen molar-refractivity contribution >= 4 is 34.5 Å². The summed E-state index contributed by atoms with van der Waals surface area (Å²) in [6.07, 6.45) is 1.61. The summed E-state index contributed by atoms with van der Waals surface area (Å²) in [5, 5.41) is 15.4. The van der Waals surface area contributed by atoms with Crippen molar-refractivity contribution in [1.82, 2.24) is 19.5 Å². The molecule has 116 valence electrons. The number of rotatable bonds is 6.